The molecule has 128 valence electrons. The smallest absolute Gasteiger partial charge is 0.273 e. The van der Waals surface area contributed by atoms with Crippen molar-refractivity contribution in [2.45, 2.75) is 40.5 Å². The molecule has 0 saturated heterocycles. The summed E-state index contributed by atoms with van der Waals surface area (Å²) in [4.78, 5) is 24.0. The standard InChI is InChI=1S/C18H24N4O2/c1-5-16-15(18(24)21-20-17(23)10-12(2)3)11-19-22(16)14-8-6-13(4)7-9-14/h6-9,11-12H,5,10H2,1-4H3,(H,20,23)(H,21,24). The van der Waals surface area contributed by atoms with E-state index in [4.69, 9.17) is 0 Å². The normalized spacial score (nSPS) is 10.7. The Kier molecular flexibility index (Phi) is 5.73. The summed E-state index contributed by atoms with van der Waals surface area (Å²) in [5, 5.41) is 4.33. The third-order valence-corrected chi connectivity index (χ3v) is 3.64. The SMILES string of the molecule is CCc1c(C(=O)NNC(=O)CC(C)C)cnn1-c1ccc(C)cc1. The van der Waals surface area contributed by atoms with Crippen LogP contribution in [0.3, 0.4) is 0 Å². The first-order valence-electron chi connectivity index (χ1n) is 8.15. The fraction of sp³-hybridized carbons (Fsp3) is 0.389. The molecule has 0 saturated carbocycles. The lowest BCUT2D eigenvalue weighted by Crippen LogP contribution is -2.42. The van der Waals surface area contributed by atoms with Gasteiger partial charge in [-0.05, 0) is 31.4 Å². The molecular formula is C18H24N4O2. The minimum absolute atomic E-state index is 0.206. The maximum absolute atomic E-state index is 12.3. The van der Waals surface area contributed by atoms with Crippen molar-refractivity contribution in [3.8, 4) is 5.69 Å². The van der Waals surface area contributed by atoms with Crippen molar-refractivity contribution in [1.29, 1.82) is 0 Å². The van der Waals surface area contributed by atoms with Crippen LogP contribution < -0.4 is 10.9 Å². The molecular weight excluding hydrogens is 304 g/mol. The van der Waals surface area contributed by atoms with Crippen molar-refractivity contribution >= 4 is 11.8 Å². The van der Waals surface area contributed by atoms with E-state index in [0.717, 1.165) is 16.9 Å². The highest BCUT2D eigenvalue weighted by Crippen LogP contribution is 2.16. The quantitative estimate of drug-likeness (QED) is 0.828. The fourth-order valence-electron chi connectivity index (χ4n) is 2.43. The monoisotopic (exact) mass is 328 g/mol. The maximum atomic E-state index is 12.3. The molecule has 0 spiro atoms. The summed E-state index contributed by atoms with van der Waals surface area (Å²) in [7, 11) is 0. The predicted molar refractivity (Wildman–Crippen MR) is 92.7 cm³/mol. The summed E-state index contributed by atoms with van der Waals surface area (Å²) in [6.07, 6.45) is 2.54. The average Bonchev–Trinajstić information content (AvgIpc) is 2.96. The maximum Gasteiger partial charge on any atom is 0.273 e. The van der Waals surface area contributed by atoms with Crippen LogP contribution >= 0.6 is 0 Å². The largest absolute Gasteiger partial charge is 0.273 e. The molecule has 2 N–H and O–H groups in total. The van der Waals surface area contributed by atoms with Gasteiger partial charge in [-0.3, -0.25) is 20.4 Å². The van der Waals surface area contributed by atoms with Gasteiger partial charge in [0.15, 0.2) is 0 Å². The highest BCUT2D eigenvalue weighted by molar-refractivity contribution is 5.96. The van der Waals surface area contributed by atoms with Gasteiger partial charge in [-0.15, -0.1) is 0 Å². The molecule has 6 heteroatoms. The van der Waals surface area contributed by atoms with Gasteiger partial charge < -0.3 is 0 Å². The van der Waals surface area contributed by atoms with E-state index < -0.39 is 0 Å². The van der Waals surface area contributed by atoms with E-state index in [9.17, 15) is 9.59 Å². The molecule has 0 fully saturated rings. The number of nitrogens with one attached hydrogen (secondary N) is 2. The highest BCUT2D eigenvalue weighted by Gasteiger charge is 2.17. The summed E-state index contributed by atoms with van der Waals surface area (Å²) in [6, 6.07) is 7.94. The molecule has 1 aromatic carbocycles. The second kappa shape index (κ2) is 7.77. The van der Waals surface area contributed by atoms with Crippen LogP contribution in [0.2, 0.25) is 0 Å². The van der Waals surface area contributed by atoms with Crippen LogP contribution in [-0.4, -0.2) is 21.6 Å². The Labute approximate surface area is 142 Å². The second-order valence-corrected chi connectivity index (χ2v) is 6.21. The Morgan fingerprint density at radius 2 is 1.83 bits per heavy atom. The molecule has 2 amide bonds. The van der Waals surface area contributed by atoms with Crippen molar-refractivity contribution in [3.63, 3.8) is 0 Å². The van der Waals surface area contributed by atoms with Gasteiger partial charge in [-0.1, -0.05) is 38.5 Å². The molecule has 2 aromatic rings. The molecule has 1 heterocycles. The van der Waals surface area contributed by atoms with E-state index in [0.29, 0.717) is 18.4 Å². The number of carbonyl (C=O) groups is 2. The first-order valence-corrected chi connectivity index (χ1v) is 8.15. The highest BCUT2D eigenvalue weighted by atomic mass is 16.2. The fourth-order valence-corrected chi connectivity index (χ4v) is 2.43. The predicted octanol–water partition coefficient (Wildman–Crippen LogP) is 2.55. The molecule has 24 heavy (non-hydrogen) atoms. The van der Waals surface area contributed by atoms with Crippen molar-refractivity contribution in [3.05, 3.63) is 47.3 Å². The van der Waals surface area contributed by atoms with Gasteiger partial charge in [0.25, 0.3) is 5.91 Å². The Bertz CT molecular complexity index is 717. The second-order valence-electron chi connectivity index (χ2n) is 6.21. The number of carbonyl (C=O) groups excluding carboxylic acids is 2. The van der Waals surface area contributed by atoms with Crippen molar-refractivity contribution in [2.24, 2.45) is 5.92 Å². The minimum atomic E-state index is -0.359. The number of rotatable bonds is 5. The van der Waals surface area contributed by atoms with Gasteiger partial charge in [-0.2, -0.15) is 5.10 Å². The van der Waals surface area contributed by atoms with Gasteiger partial charge in [0.1, 0.15) is 0 Å². The molecule has 1 aromatic heterocycles. The Balaban J connectivity index is 2.15. The van der Waals surface area contributed by atoms with Gasteiger partial charge in [0.2, 0.25) is 5.91 Å². The number of hydrazine groups is 1. The summed E-state index contributed by atoms with van der Waals surface area (Å²) in [5.41, 5.74) is 8.23. The third kappa shape index (κ3) is 4.22. The number of aromatic nitrogens is 2. The Hall–Kier alpha value is -2.63. The van der Waals surface area contributed by atoms with Gasteiger partial charge in [0, 0.05) is 6.42 Å². The van der Waals surface area contributed by atoms with Gasteiger partial charge >= 0.3 is 0 Å². The molecule has 0 aliphatic heterocycles. The van der Waals surface area contributed by atoms with Crippen molar-refractivity contribution in [1.82, 2.24) is 20.6 Å². The Morgan fingerprint density at radius 3 is 2.42 bits per heavy atom. The molecule has 0 atom stereocenters. The van der Waals surface area contributed by atoms with Crippen LogP contribution in [0.5, 0.6) is 0 Å². The van der Waals surface area contributed by atoms with E-state index in [1.165, 1.54) is 6.20 Å². The number of benzene rings is 1. The van der Waals surface area contributed by atoms with E-state index in [1.54, 1.807) is 4.68 Å². The lowest BCUT2D eigenvalue weighted by atomic mass is 10.1. The van der Waals surface area contributed by atoms with Crippen LogP contribution in [-0.2, 0) is 11.2 Å². The van der Waals surface area contributed by atoms with Crippen LogP contribution in [0.25, 0.3) is 5.69 Å². The van der Waals surface area contributed by atoms with Gasteiger partial charge in [0.05, 0.1) is 23.1 Å². The number of aryl methyl sites for hydroxylation is 1. The number of amides is 2. The van der Waals surface area contributed by atoms with Crippen LogP contribution in [0, 0.1) is 12.8 Å². The summed E-state index contributed by atoms with van der Waals surface area (Å²) in [6.45, 7) is 7.88. The lowest BCUT2D eigenvalue weighted by Gasteiger charge is -2.10. The number of hydrogen-bond acceptors (Lipinski definition) is 3. The number of nitrogens with zero attached hydrogens (tertiary/aromatic N) is 2. The van der Waals surface area contributed by atoms with Crippen LogP contribution in [0.15, 0.2) is 30.5 Å². The lowest BCUT2D eigenvalue weighted by molar-refractivity contribution is -0.122. The van der Waals surface area contributed by atoms with Crippen molar-refractivity contribution < 1.29 is 9.59 Å². The molecule has 0 radical (unpaired) electrons. The first-order chi connectivity index (χ1) is 11.4. The van der Waals surface area contributed by atoms with E-state index in [1.807, 2.05) is 52.0 Å². The minimum Gasteiger partial charge on any atom is -0.273 e. The summed E-state index contributed by atoms with van der Waals surface area (Å²) >= 11 is 0. The van der Waals surface area contributed by atoms with Crippen LogP contribution in [0.1, 0.15) is 48.8 Å². The van der Waals surface area contributed by atoms with E-state index in [-0.39, 0.29) is 17.7 Å². The zero-order chi connectivity index (χ0) is 17.7. The molecule has 2 rings (SSSR count). The van der Waals surface area contributed by atoms with Gasteiger partial charge in [-0.25, -0.2) is 4.68 Å². The van der Waals surface area contributed by atoms with Crippen LogP contribution in [0.4, 0.5) is 0 Å². The molecule has 0 aliphatic carbocycles. The van der Waals surface area contributed by atoms with Crippen molar-refractivity contribution in [2.75, 3.05) is 0 Å². The third-order valence-electron chi connectivity index (χ3n) is 3.64. The summed E-state index contributed by atoms with van der Waals surface area (Å²) < 4.78 is 1.75. The number of hydrogen-bond donors (Lipinski definition) is 2. The topological polar surface area (TPSA) is 76.0 Å². The zero-order valence-corrected chi connectivity index (χ0v) is 14.6. The molecule has 0 aliphatic rings. The molecule has 0 bridgehead atoms. The zero-order valence-electron chi connectivity index (χ0n) is 14.6. The average molecular weight is 328 g/mol. The molecule has 6 nitrogen and oxygen atoms in total. The van der Waals surface area contributed by atoms with E-state index >= 15 is 0 Å². The van der Waals surface area contributed by atoms with E-state index in [2.05, 4.69) is 16.0 Å². The first kappa shape index (κ1) is 17.7. The molecule has 0 unspecified atom stereocenters. The summed E-state index contributed by atoms with van der Waals surface area (Å²) in [5.74, 6) is -0.331. The Morgan fingerprint density at radius 1 is 1.17 bits per heavy atom.